The number of aromatic nitrogens is 2. The van der Waals surface area contributed by atoms with Crippen molar-refractivity contribution in [1.29, 1.82) is 0 Å². The summed E-state index contributed by atoms with van der Waals surface area (Å²) >= 11 is 0. The highest BCUT2D eigenvalue weighted by Crippen LogP contribution is 2.24. The standard InChI is InChI=1S/C37H52N2O3/c1-3-5-6-7-8-9-10-11-12-13-14-15-16-17-26-42-35-24-22-32(23-25-35)34-28-38-36(39-29-34)33-20-18-30(19-21-33)27-31(4-2)37(40)41/h18-25,28-29,31H,3-17,26-27H2,1-2H3,(H,40,41). The highest BCUT2D eigenvalue weighted by Gasteiger charge is 2.15. The minimum absolute atomic E-state index is 0.354. The van der Waals surface area contributed by atoms with Gasteiger partial charge in [-0.15, -0.1) is 0 Å². The average molecular weight is 573 g/mol. The van der Waals surface area contributed by atoms with E-state index in [9.17, 15) is 9.90 Å². The number of carboxylic acids is 1. The molecule has 0 aliphatic heterocycles. The lowest BCUT2D eigenvalue weighted by atomic mass is 9.96. The second-order valence-electron chi connectivity index (χ2n) is 11.6. The van der Waals surface area contributed by atoms with E-state index in [0.29, 0.717) is 18.7 Å². The van der Waals surface area contributed by atoms with Crippen LogP contribution in [0.1, 0.15) is 116 Å². The van der Waals surface area contributed by atoms with Gasteiger partial charge in [-0.25, -0.2) is 9.97 Å². The van der Waals surface area contributed by atoms with E-state index in [4.69, 9.17) is 4.74 Å². The van der Waals surface area contributed by atoms with Crippen molar-refractivity contribution in [3.05, 3.63) is 66.5 Å². The van der Waals surface area contributed by atoms with Gasteiger partial charge in [-0.1, -0.05) is 134 Å². The maximum absolute atomic E-state index is 11.3. The van der Waals surface area contributed by atoms with Gasteiger partial charge in [0.25, 0.3) is 0 Å². The maximum Gasteiger partial charge on any atom is 0.306 e. The third-order valence-corrected chi connectivity index (χ3v) is 8.14. The second kappa shape index (κ2) is 19.8. The van der Waals surface area contributed by atoms with Crippen LogP contribution in [-0.2, 0) is 11.2 Å². The van der Waals surface area contributed by atoms with E-state index in [1.165, 1.54) is 83.5 Å². The number of carboxylic acid groups (broad SMARTS) is 1. The topological polar surface area (TPSA) is 72.3 Å². The predicted molar refractivity (Wildman–Crippen MR) is 174 cm³/mol. The van der Waals surface area contributed by atoms with Crippen LogP contribution in [-0.4, -0.2) is 27.7 Å². The molecule has 42 heavy (non-hydrogen) atoms. The van der Waals surface area contributed by atoms with Crippen molar-refractivity contribution >= 4 is 5.97 Å². The molecule has 0 fully saturated rings. The van der Waals surface area contributed by atoms with Crippen LogP contribution in [0.4, 0.5) is 0 Å². The van der Waals surface area contributed by atoms with E-state index < -0.39 is 5.97 Å². The molecule has 0 aliphatic rings. The summed E-state index contributed by atoms with van der Waals surface area (Å²) in [6.45, 7) is 4.96. The van der Waals surface area contributed by atoms with Gasteiger partial charge in [0.15, 0.2) is 5.82 Å². The molecule has 3 aromatic rings. The molecule has 0 aliphatic carbocycles. The number of nitrogens with zero attached hydrogens (tertiary/aromatic N) is 2. The van der Waals surface area contributed by atoms with Crippen LogP contribution in [0.25, 0.3) is 22.5 Å². The van der Waals surface area contributed by atoms with Gasteiger partial charge in [0.2, 0.25) is 0 Å². The van der Waals surface area contributed by atoms with Crippen LogP contribution < -0.4 is 4.74 Å². The molecule has 1 unspecified atom stereocenters. The molecule has 0 amide bonds. The maximum atomic E-state index is 11.3. The van der Waals surface area contributed by atoms with Crippen LogP contribution >= 0.6 is 0 Å². The lowest BCUT2D eigenvalue weighted by Crippen LogP contribution is -2.15. The number of benzene rings is 2. The van der Waals surface area contributed by atoms with Gasteiger partial charge < -0.3 is 9.84 Å². The Balaban J connectivity index is 1.29. The number of hydrogen-bond acceptors (Lipinski definition) is 4. The molecule has 3 rings (SSSR count). The summed E-state index contributed by atoms with van der Waals surface area (Å²) in [6, 6.07) is 16.0. The number of carbonyl (C=O) groups is 1. The summed E-state index contributed by atoms with van der Waals surface area (Å²) in [6.07, 6.45) is 23.9. The Kier molecular flexibility index (Phi) is 15.7. The molecule has 228 valence electrons. The summed E-state index contributed by atoms with van der Waals surface area (Å²) in [5, 5.41) is 9.30. The van der Waals surface area contributed by atoms with Crippen molar-refractivity contribution in [3.63, 3.8) is 0 Å². The number of unbranched alkanes of at least 4 members (excludes halogenated alkanes) is 13. The highest BCUT2D eigenvalue weighted by molar-refractivity contribution is 5.70. The third kappa shape index (κ3) is 12.3. The lowest BCUT2D eigenvalue weighted by molar-refractivity contribution is -0.141. The fraction of sp³-hybridized carbons (Fsp3) is 0.541. The van der Waals surface area contributed by atoms with Gasteiger partial charge in [0, 0.05) is 23.5 Å². The van der Waals surface area contributed by atoms with E-state index in [-0.39, 0.29) is 5.92 Å². The molecule has 5 nitrogen and oxygen atoms in total. The SMILES string of the molecule is CCCCCCCCCCCCCCCCOc1ccc(-c2cnc(-c3ccc(CC(CC)C(=O)O)cc3)nc2)cc1. The smallest absolute Gasteiger partial charge is 0.306 e. The molecule has 2 aromatic carbocycles. The molecule has 1 atom stereocenters. The Morgan fingerprint density at radius 3 is 1.67 bits per heavy atom. The summed E-state index contributed by atoms with van der Waals surface area (Å²) in [5.41, 5.74) is 3.94. The van der Waals surface area contributed by atoms with E-state index in [1.54, 1.807) is 0 Å². The normalized spacial score (nSPS) is 11.9. The molecule has 0 spiro atoms. The second-order valence-corrected chi connectivity index (χ2v) is 11.6. The third-order valence-electron chi connectivity index (χ3n) is 8.14. The highest BCUT2D eigenvalue weighted by atomic mass is 16.5. The molecule has 5 heteroatoms. The fourth-order valence-corrected chi connectivity index (χ4v) is 5.34. The zero-order chi connectivity index (χ0) is 29.8. The van der Waals surface area contributed by atoms with Crippen LogP contribution in [0.3, 0.4) is 0 Å². The number of hydrogen-bond donors (Lipinski definition) is 1. The number of ether oxygens (including phenoxy) is 1. The lowest BCUT2D eigenvalue weighted by Gasteiger charge is -2.10. The Morgan fingerprint density at radius 2 is 1.17 bits per heavy atom. The van der Waals surface area contributed by atoms with Gasteiger partial charge in [-0.2, -0.15) is 0 Å². The molecule has 0 bridgehead atoms. The predicted octanol–water partition coefficient (Wildman–Crippen LogP) is 10.3. The van der Waals surface area contributed by atoms with Crippen molar-refractivity contribution in [3.8, 4) is 28.3 Å². The van der Waals surface area contributed by atoms with E-state index in [0.717, 1.165) is 41.0 Å². The first-order valence-corrected chi connectivity index (χ1v) is 16.5. The minimum atomic E-state index is -0.745. The molecule has 1 aromatic heterocycles. The van der Waals surface area contributed by atoms with Crippen LogP contribution in [0.15, 0.2) is 60.9 Å². The Hall–Kier alpha value is -3.21. The Morgan fingerprint density at radius 1 is 0.667 bits per heavy atom. The van der Waals surface area contributed by atoms with Gasteiger partial charge in [-0.05, 0) is 42.5 Å². The van der Waals surface area contributed by atoms with Gasteiger partial charge >= 0.3 is 5.97 Å². The molecule has 0 saturated carbocycles. The van der Waals surface area contributed by atoms with Gasteiger partial charge in [0.1, 0.15) is 5.75 Å². The van der Waals surface area contributed by atoms with Crippen molar-refractivity contribution in [1.82, 2.24) is 9.97 Å². The molecular weight excluding hydrogens is 520 g/mol. The first-order chi connectivity index (χ1) is 20.6. The van der Waals surface area contributed by atoms with E-state index >= 15 is 0 Å². The first kappa shape index (κ1) is 33.3. The van der Waals surface area contributed by atoms with Crippen LogP contribution in [0, 0.1) is 5.92 Å². The Bertz CT molecular complexity index is 1130. The zero-order valence-electron chi connectivity index (χ0n) is 26.0. The summed E-state index contributed by atoms with van der Waals surface area (Å²) in [7, 11) is 0. The largest absolute Gasteiger partial charge is 0.494 e. The number of rotatable bonds is 22. The molecule has 0 radical (unpaired) electrons. The zero-order valence-corrected chi connectivity index (χ0v) is 26.0. The van der Waals surface area contributed by atoms with Crippen LogP contribution in [0.5, 0.6) is 5.75 Å². The van der Waals surface area contributed by atoms with Crippen LogP contribution in [0.2, 0.25) is 0 Å². The molecular formula is C37H52N2O3. The fourth-order valence-electron chi connectivity index (χ4n) is 5.34. The van der Waals surface area contributed by atoms with E-state index in [1.807, 2.05) is 55.7 Å². The minimum Gasteiger partial charge on any atom is -0.494 e. The monoisotopic (exact) mass is 572 g/mol. The Labute approximate surface area is 254 Å². The quantitative estimate of drug-likeness (QED) is 0.121. The van der Waals surface area contributed by atoms with Crippen molar-refractivity contribution < 1.29 is 14.6 Å². The van der Waals surface area contributed by atoms with Gasteiger partial charge in [-0.3, -0.25) is 4.79 Å². The summed E-state index contributed by atoms with van der Waals surface area (Å²) in [5.74, 6) is 0.459. The van der Waals surface area contributed by atoms with Gasteiger partial charge in [0.05, 0.1) is 12.5 Å². The molecule has 0 saturated heterocycles. The van der Waals surface area contributed by atoms with Crippen molar-refractivity contribution in [2.75, 3.05) is 6.61 Å². The van der Waals surface area contributed by atoms with Crippen molar-refractivity contribution in [2.45, 2.75) is 117 Å². The van der Waals surface area contributed by atoms with E-state index in [2.05, 4.69) is 29.0 Å². The first-order valence-electron chi connectivity index (χ1n) is 16.5. The molecule has 1 N–H and O–H groups in total. The summed E-state index contributed by atoms with van der Waals surface area (Å²) < 4.78 is 5.97. The number of aliphatic carboxylic acids is 1. The van der Waals surface area contributed by atoms with Crippen molar-refractivity contribution in [2.24, 2.45) is 5.92 Å². The average Bonchev–Trinajstić information content (AvgIpc) is 3.02. The summed E-state index contributed by atoms with van der Waals surface area (Å²) in [4.78, 5) is 20.5. The molecule has 1 heterocycles.